The smallest absolute Gasteiger partial charge is 0.248 e. The van der Waals surface area contributed by atoms with Crippen LogP contribution in [0.1, 0.15) is 5.69 Å². The highest BCUT2D eigenvalue weighted by molar-refractivity contribution is 7.23. The number of imidazole rings is 1. The van der Waals surface area contributed by atoms with Crippen LogP contribution in [0.15, 0.2) is 42.5 Å². The predicted molar refractivity (Wildman–Crippen MR) is 125 cm³/mol. The van der Waals surface area contributed by atoms with Crippen molar-refractivity contribution in [2.75, 3.05) is 39.9 Å². The summed E-state index contributed by atoms with van der Waals surface area (Å²) in [6.07, 6.45) is 0. The molecular formula is C23H22ClFN4O2S. The van der Waals surface area contributed by atoms with Crippen LogP contribution in [-0.2, 0) is 16.1 Å². The van der Waals surface area contributed by atoms with Crippen LogP contribution >= 0.6 is 22.9 Å². The van der Waals surface area contributed by atoms with Gasteiger partial charge in [-0.3, -0.25) is 14.1 Å². The number of carbonyl (C=O) groups is 1. The van der Waals surface area contributed by atoms with Crippen LogP contribution in [0, 0.1) is 5.82 Å². The molecule has 1 fully saturated rings. The van der Waals surface area contributed by atoms with Crippen LogP contribution in [0.25, 0.3) is 26.4 Å². The Kier molecular flexibility index (Phi) is 5.86. The lowest BCUT2D eigenvalue weighted by molar-refractivity contribution is -0.136. The molecule has 2 aromatic heterocycles. The van der Waals surface area contributed by atoms with Crippen molar-refractivity contribution in [3.63, 3.8) is 0 Å². The molecular weight excluding hydrogens is 451 g/mol. The fourth-order valence-electron chi connectivity index (χ4n) is 4.17. The molecule has 0 atom stereocenters. The summed E-state index contributed by atoms with van der Waals surface area (Å²) in [6, 6.07) is 12.3. The van der Waals surface area contributed by atoms with Crippen LogP contribution < -0.4 is 0 Å². The third kappa shape index (κ3) is 3.99. The number of aromatic nitrogens is 2. The van der Waals surface area contributed by atoms with Gasteiger partial charge in [-0.2, -0.15) is 0 Å². The number of amides is 1. The Balaban J connectivity index is 1.51. The maximum absolute atomic E-state index is 13.5. The van der Waals surface area contributed by atoms with Crippen molar-refractivity contribution in [3.05, 3.63) is 59.0 Å². The fourth-order valence-corrected chi connectivity index (χ4v) is 5.49. The Hall–Kier alpha value is -2.52. The van der Waals surface area contributed by atoms with E-state index in [4.69, 9.17) is 21.3 Å². The Morgan fingerprint density at radius 1 is 1.16 bits per heavy atom. The number of fused-ring (bicyclic) bond motifs is 3. The molecule has 3 heterocycles. The van der Waals surface area contributed by atoms with Crippen LogP contribution in [0.3, 0.4) is 0 Å². The van der Waals surface area contributed by atoms with E-state index in [2.05, 4.69) is 9.30 Å². The van der Waals surface area contributed by atoms with Crippen molar-refractivity contribution in [3.8, 4) is 11.3 Å². The van der Waals surface area contributed by atoms with Crippen molar-refractivity contribution in [1.29, 1.82) is 0 Å². The number of hydrogen-bond acceptors (Lipinski definition) is 5. The largest absolute Gasteiger partial charge is 0.375 e. The molecule has 0 radical (unpaired) electrons. The van der Waals surface area contributed by atoms with Crippen LogP contribution in [0.2, 0.25) is 5.02 Å². The molecule has 9 heteroatoms. The molecule has 1 aliphatic rings. The number of halogens is 2. The first-order valence-electron chi connectivity index (χ1n) is 10.4. The first-order chi connectivity index (χ1) is 15.5. The number of benzene rings is 2. The Morgan fingerprint density at radius 3 is 2.62 bits per heavy atom. The number of rotatable bonds is 5. The summed E-state index contributed by atoms with van der Waals surface area (Å²) in [5.41, 5.74) is 3.84. The molecule has 6 nitrogen and oxygen atoms in total. The van der Waals surface area contributed by atoms with Gasteiger partial charge in [0, 0.05) is 50.4 Å². The summed E-state index contributed by atoms with van der Waals surface area (Å²) in [5, 5.41) is 0.694. The summed E-state index contributed by atoms with van der Waals surface area (Å²) >= 11 is 7.79. The first-order valence-corrected chi connectivity index (χ1v) is 11.6. The van der Waals surface area contributed by atoms with Crippen molar-refractivity contribution in [2.24, 2.45) is 0 Å². The number of carbonyl (C=O) groups excluding carboxylic acids is 1. The maximum atomic E-state index is 13.5. The van der Waals surface area contributed by atoms with E-state index in [0.29, 0.717) is 24.7 Å². The zero-order valence-corrected chi connectivity index (χ0v) is 19.1. The Morgan fingerprint density at radius 2 is 1.91 bits per heavy atom. The minimum atomic E-state index is -0.270. The van der Waals surface area contributed by atoms with Gasteiger partial charge in [0.15, 0.2) is 4.96 Å². The molecule has 32 heavy (non-hydrogen) atoms. The SMILES string of the molecule is COCC(=O)N1CCN(Cc2c(-c3ccc(F)cc3)nc3sc4cc(Cl)ccc4n23)CC1. The molecule has 1 saturated heterocycles. The summed E-state index contributed by atoms with van der Waals surface area (Å²) in [4.78, 5) is 22.1. The van der Waals surface area contributed by atoms with Crippen LogP contribution in [0.4, 0.5) is 4.39 Å². The van der Waals surface area contributed by atoms with Gasteiger partial charge in [0.2, 0.25) is 5.91 Å². The average Bonchev–Trinajstić information content (AvgIpc) is 3.31. The van der Waals surface area contributed by atoms with E-state index >= 15 is 0 Å². The molecule has 0 bridgehead atoms. The molecule has 0 aliphatic carbocycles. The third-order valence-corrected chi connectivity index (χ3v) is 7.03. The van der Waals surface area contributed by atoms with E-state index < -0.39 is 0 Å². The quantitative estimate of drug-likeness (QED) is 0.434. The highest BCUT2D eigenvalue weighted by Gasteiger charge is 2.25. The van der Waals surface area contributed by atoms with Gasteiger partial charge in [0.1, 0.15) is 12.4 Å². The second kappa shape index (κ2) is 8.78. The van der Waals surface area contributed by atoms with Crippen molar-refractivity contribution >= 4 is 44.0 Å². The number of nitrogens with zero attached hydrogens (tertiary/aromatic N) is 4. The molecule has 5 rings (SSSR count). The molecule has 2 aromatic carbocycles. The fraction of sp³-hybridized carbons (Fsp3) is 0.304. The molecule has 4 aromatic rings. The first kappa shape index (κ1) is 21.3. The van der Waals surface area contributed by atoms with Gasteiger partial charge in [-0.1, -0.05) is 22.9 Å². The van der Waals surface area contributed by atoms with E-state index in [9.17, 15) is 9.18 Å². The summed E-state index contributed by atoms with van der Waals surface area (Å²) in [6.45, 7) is 3.64. The minimum Gasteiger partial charge on any atom is -0.375 e. The number of methoxy groups -OCH3 is 1. The lowest BCUT2D eigenvalue weighted by Crippen LogP contribution is -2.49. The second-order valence-corrected chi connectivity index (χ2v) is 9.28. The third-order valence-electron chi connectivity index (χ3n) is 5.79. The van der Waals surface area contributed by atoms with E-state index in [1.54, 1.807) is 23.5 Å². The van der Waals surface area contributed by atoms with E-state index in [1.165, 1.54) is 19.2 Å². The molecule has 166 valence electrons. The van der Waals surface area contributed by atoms with Crippen LogP contribution in [0.5, 0.6) is 0 Å². The van der Waals surface area contributed by atoms with Crippen molar-refractivity contribution in [1.82, 2.24) is 19.2 Å². The highest BCUT2D eigenvalue weighted by atomic mass is 35.5. The Labute approximate surface area is 193 Å². The summed E-state index contributed by atoms with van der Waals surface area (Å²) < 4.78 is 21.8. The normalized spacial score (nSPS) is 15.2. The van der Waals surface area contributed by atoms with Gasteiger partial charge in [0.25, 0.3) is 0 Å². The highest BCUT2D eigenvalue weighted by Crippen LogP contribution is 2.35. The lowest BCUT2D eigenvalue weighted by Gasteiger charge is -2.34. The molecule has 0 N–H and O–H groups in total. The zero-order valence-electron chi connectivity index (χ0n) is 17.6. The average molecular weight is 473 g/mol. The van der Waals surface area contributed by atoms with Gasteiger partial charge < -0.3 is 9.64 Å². The summed E-state index contributed by atoms with van der Waals surface area (Å²) in [5.74, 6) is -0.250. The standard InChI is InChI=1S/C23H22ClFN4O2S/c1-31-14-21(30)28-10-8-27(9-11-28)13-19-22(15-2-5-17(25)6-3-15)26-23-29(19)18-7-4-16(24)12-20(18)32-23/h2-7,12H,8-11,13-14H2,1H3. The maximum Gasteiger partial charge on any atom is 0.248 e. The zero-order chi connectivity index (χ0) is 22.2. The molecule has 1 aliphatic heterocycles. The minimum absolute atomic E-state index is 0.0200. The van der Waals surface area contributed by atoms with E-state index in [1.807, 2.05) is 23.1 Å². The molecule has 0 unspecified atom stereocenters. The topological polar surface area (TPSA) is 50.1 Å². The van der Waals surface area contributed by atoms with Gasteiger partial charge in [0.05, 0.1) is 21.6 Å². The van der Waals surface area contributed by atoms with Gasteiger partial charge in [-0.25, -0.2) is 9.37 Å². The Bertz CT molecular complexity index is 1280. The van der Waals surface area contributed by atoms with Crippen molar-refractivity contribution < 1.29 is 13.9 Å². The molecule has 1 amide bonds. The number of thiazole rings is 1. The number of ether oxygens (including phenoxy) is 1. The van der Waals surface area contributed by atoms with E-state index in [0.717, 1.165) is 45.2 Å². The summed E-state index contributed by atoms with van der Waals surface area (Å²) in [7, 11) is 1.54. The predicted octanol–water partition coefficient (Wildman–Crippen LogP) is 4.30. The van der Waals surface area contributed by atoms with E-state index in [-0.39, 0.29) is 18.3 Å². The number of hydrogen-bond donors (Lipinski definition) is 0. The monoisotopic (exact) mass is 472 g/mol. The molecule has 0 spiro atoms. The van der Waals surface area contributed by atoms with Crippen LogP contribution in [-0.4, -0.2) is 65.0 Å². The second-order valence-electron chi connectivity index (χ2n) is 7.84. The van der Waals surface area contributed by atoms with Gasteiger partial charge >= 0.3 is 0 Å². The van der Waals surface area contributed by atoms with Gasteiger partial charge in [-0.05, 0) is 42.5 Å². The number of piperazine rings is 1. The van der Waals surface area contributed by atoms with Crippen molar-refractivity contribution in [2.45, 2.75) is 6.54 Å². The lowest BCUT2D eigenvalue weighted by atomic mass is 10.1. The van der Waals surface area contributed by atoms with Gasteiger partial charge in [-0.15, -0.1) is 0 Å². The molecule has 0 saturated carbocycles.